The normalized spacial score (nSPS) is 11.4. The van der Waals surface area contributed by atoms with E-state index in [1.807, 2.05) is 32.0 Å². The van der Waals surface area contributed by atoms with Gasteiger partial charge in [-0.25, -0.2) is 0 Å². The number of nitrogens with one attached hydrogen (secondary N) is 1. The number of ether oxygens (including phenoxy) is 2. The summed E-state index contributed by atoms with van der Waals surface area (Å²) in [6.45, 7) is 7.56. The van der Waals surface area contributed by atoms with E-state index in [2.05, 4.69) is 12.2 Å². The quantitative estimate of drug-likeness (QED) is 0.683. The fourth-order valence-corrected chi connectivity index (χ4v) is 1.66. The van der Waals surface area contributed by atoms with Gasteiger partial charge in [-0.3, -0.25) is 0 Å². The van der Waals surface area contributed by atoms with E-state index in [0.717, 1.165) is 29.9 Å². The van der Waals surface area contributed by atoms with Gasteiger partial charge in [0.15, 0.2) is 11.5 Å². The summed E-state index contributed by atoms with van der Waals surface area (Å²) < 4.78 is 11.1. The van der Waals surface area contributed by atoms with E-state index in [4.69, 9.17) is 9.47 Å². The Balaban J connectivity index is 2.66. The fourth-order valence-electron chi connectivity index (χ4n) is 1.66. The first kappa shape index (κ1) is 16.8. The van der Waals surface area contributed by atoms with Gasteiger partial charge in [0.1, 0.15) is 0 Å². The van der Waals surface area contributed by atoms with Crippen LogP contribution >= 0.6 is 0 Å². The van der Waals surface area contributed by atoms with Crippen LogP contribution in [0.3, 0.4) is 0 Å². The third-order valence-corrected chi connectivity index (χ3v) is 3.15. The molecule has 0 heterocycles. The Bertz CT molecular complexity index is 405. The van der Waals surface area contributed by atoms with Crippen molar-refractivity contribution in [3.8, 4) is 11.5 Å². The van der Waals surface area contributed by atoms with E-state index in [-0.39, 0.29) is 12.1 Å². The maximum absolute atomic E-state index is 9.23. The monoisotopic (exact) mass is 281 g/mol. The van der Waals surface area contributed by atoms with Crippen LogP contribution in [0.1, 0.15) is 39.2 Å². The number of unbranched alkanes of at least 4 members (excludes halogenated alkanes) is 1. The second-order valence-corrected chi connectivity index (χ2v) is 5.58. The van der Waals surface area contributed by atoms with E-state index in [1.54, 1.807) is 7.11 Å². The zero-order valence-electron chi connectivity index (χ0n) is 13.0. The van der Waals surface area contributed by atoms with E-state index in [0.29, 0.717) is 13.2 Å². The van der Waals surface area contributed by atoms with Gasteiger partial charge < -0.3 is 19.9 Å². The zero-order chi connectivity index (χ0) is 15.0. The highest BCUT2D eigenvalue weighted by atomic mass is 16.5. The van der Waals surface area contributed by atoms with Crippen LogP contribution in [-0.4, -0.2) is 31.0 Å². The predicted octanol–water partition coefficient (Wildman–Crippen LogP) is 2.73. The predicted molar refractivity (Wildman–Crippen MR) is 81.4 cm³/mol. The van der Waals surface area contributed by atoms with Crippen molar-refractivity contribution < 1.29 is 14.6 Å². The van der Waals surface area contributed by atoms with Gasteiger partial charge in [-0.1, -0.05) is 19.4 Å². The molecule has 0 saturated heterocycles. The summed E-state index contributed by atoms with van der Waals surface area (Å²) in [4.78, 5) is 0. The van der Waals surface area contributed by atoms with E-state index >= 15 is 0 Å². The van der Waals surface area contributed by atoms with Gasteiger partial charge in [-0.15, -0.1) is 0 Å². The maximum atomic E-state index is 9.23. The van der Waals surface area contributed by atoms with Crippen LogP contribution in [0.25, 0.3) is 0 Å². The Hall–Kier alpha value is -1.26. The first-order valence-corrected chi connectivity index (χ1v) is 7.18. The maximum Gasteiger partial charge on any atom is 0.161 e. The summed E-state index contributed by atoms with van der Waals surface area (Å²) in [5.41, 5.74) is 0.815. The van der Waals surface area contributed by atoms with Crippen molar-refractivity contribution in [3.63, 3.8) is 0 Å². The van der Waals surface area contributed by atoms with E-state index < -0.39 is 0 Å². The molecule has 4 nitrogen and oxygen atoms in total. The Morgan fingerprint density at radius 1 is 1.25 bits per heavy atom. The topological polar surface area (TPSA) is 50.7 Å². The van der Waals surface area contributed by atoms with Crippen molar-refractivity contribution in [2.45, 2.75) is 45.7 Å². The first-order valence-electron chi connectivity index (χ1n) is 7.18. The highest BCUT2D eigenvalue weighted by Gasteiger charge is 2.15. The standard InChI is InChI=1S/C16H27NO3/c1-5-6-9-20-14-8-7-13(10-15(14)19-4)11-17-16(2,3)12-18/h7-8,10,17-18H,5-6,9,11-12H2,1-4H3. The Kier molecular flexibility index (Phi) is 6.82. The molecule has 0 amide bonds. The molecule has 0 radical (unpaired) electrons. The number of hydrogen-bond acceptors (Lipinski definition) is 4. The zero-order valence-corrected chi connectivity index (χ0v) is 13.0. The Labute approximate surface area is 122 Å². The second kappa shape index (κ2) is 8.12. The molecule has 1 rings (SSSR count). The van der Waals surface area contributed by atoms with Gasteiger partial charge in [-0.2, -0.15) is 0 Å². The molecule has 0 aliphatic heterocycles. The lowest BCUT2D eigenvalue weighted by Gasteiger charge is -2.23. The van der Waals surface area contributed by atoms with Crippen LogP contribution in [0.2, 0.25) is 0 Å². The van der Waals surface area contributed by atoms with Crippen molar-refractivity contribution in [1.82, 2.24) is 5.32 Å². The number of hydrogen-bond donors (Lipinski definition) is 2. The summed E-state index contributed by atoms with van der Waals surface area (Å²) in [5.74, 6) is 1.54. The smallest absolute Gasteiger partial charge is 0.161 e. The minimum absolute atomic E-state index is 0.0996. The van der Waals surface area contributed by atoms with Crippen LogP contribution in [0.15, 0.2) is 18.2 Å². The lowest BCUT2D eigenvalue weighted by Crippen LogP contribution is -2.42. The molecule has 1 aromatic rings. The molecular formula is C16H27NO3. The van der Waals surface area contributed by atoms with Crippen LogP contribution < -0.4 is 14.8 Å². The molecule has 1 aromatic carbocycles. The number of methoxy groups -OCH3 is 1. The van der Waals surface area contributed by atoms with Gasteiger partial charge in [0, 0.05) is 12.1 Å². The molecule has 0 spiro atoms. The number of aliphatic hydroxyl groups excluding tert-OH is 1. The van der Waals surface area contributed by atoms with E-state index in [9.17, 15) is 5.11 Å². The molecular weight excluding hydrogens is 254 g/mol. The van der Waals surface area contributed by atoms with Crippen molar-refractivity contribution >= 4 is 0 Å². The second-order valence-electron chi connectivity index (χ2n) is 5.58. The van der Waals surface area contributed by atoms with Crippen molar-refractivity contribution in [1.29, 1.82) is 0 Å². The molecule has 0 aromatic heterocycles. The molecule has 0 fully saturated rings. The molecule has 0 aliphatic carbocycles. The number of rotatable bonds is 9. The lowest BCUT2D eigenvalue weighted by molar-refractivity contribution is 0.187. The van der Waals surface area contributed by atoms with Crippen molar-refractivity contribution in [2.24, 2.45) is 0 Å². The summed E-state index contributed by atoms with van der Waals surface area (Å²) in [6, 6.07) is 5.93. The molecule has 0 bridgehead atoms. The van der Waals surface area contributed by atoms with Crippen LogP contribution in [0.5, 0.6) is 11.5 Å². The Morgan fingerprint density at radius 3 is 2.60 bits per heavy atom. The lowest BCUT2D eigenvalue weighted by atomic mass is 10.1. The van der Waals surface area contributed by atoms with Gasteiger partial charge in [0.2, 0.25) is 0 Å². The Morgan fingerprint density at radius 2 is 2.00 bits per heavy atom. The minimum atomic E-state index is -0.288. The summed E-state index contributed by atoms with van der Waals surface area (Å²) in [5, 5.41) is 12.5. The van der Waals surface area contributed by atoms with Gasteiger partial charge >= 0.3 is 0 Å². The molecule has 2 N–H and O–H groups in total. The van der Waals surface area contributed by atoms with E-state index in [1.165, 1.54) is 0 Å². The fraction of sp³-hybridized carbons (Fsp3) is 0.625. The minimum Gasteiger partial charge on any atom is -0.493 e. The van der Waals surface area contributed by atoms with Crippen molar-refractivity contribution in [2.75, 3.05) is 20.3 Å². The highest BCUT2D eigenvalue weighted by molar-refractivity contribution is 5.43. The summed E-state index contributed by atoms with van der Waals surface area (Å²) >= 11 is 0. The van der Waals surface area contributed by atoms with Crippen LogP contribution in [-0.2, 0) is 6.54 Å². The van der Waals surface area contributed by atoms with Gasteiger partial charge in [0.25, 0.3) is 0 Å². The molecule has 0 saturated carbocycles. The van der Waals surface area contributed by atoms with Crippen LogP contribution in [0, 0.1) is 0 Å². The molecule has 114 valence electrons. The average Bonchev–Trinajstić information content (AvgIpc) is 2.46. The first-order chi connectivity index (χ1) is 9.52. The molecule has 4 heteroatoms. The van der Waals surface area contributed by atoms with Crippen molar-refractivity contribution in [3.05, 3.63) is 23.8 Å². The molecule has 0 aliphatic rings. The molecule has 20 heavy (non-hydrogen) atoms. The summed E-state index contributed by atoms with van der Waals surface area (Å²) in [7, 11) is 1.65. The number of aliphatic hydroxyl groups is 1. The third-order valence-electron chi connectivity index (χ3n) is 3.15. The molecule has 0 unspecified atom stereocenters. The molecule has 0 atom stereocenters. The highest BCUT2D eigenvalue weighted by Crippen LogP contribution is 2.28. The summed E-state index contributed by atoms with van der Waals surface area (Å²) in [6.07, 6.45) is 2.15. The van der Waals surface area contributed by atoms with Gasteiger partial charge in [-0.05, 0) is 38.0 Å². The number of benzene rings is 1. The largest absolute Gasteiger partial charge is 0.493 e. The third kappa shape index (κ3) is 5.39. The van der Waals surface area contributed by atoms with Crippen LogP contribution in [0.4, 0.5) is 0 Å². The SMILES string of the molecule is CCCCOc1ccc(CNC(C)(C)CO)cc1OC. The van der Waals surface area contributed by atoms with Gasteiger partial charge in [0.05, 0.1) is 20.3 Å². The average molecular weight is 281 g/mol.